The van der Waals surface area contributed by atoms with E-state index in [9.17, 15) is 9.59 Å². The van der Waals surface area contributed by atoms with Crippen LogP contribution >= 0.6 is 0 Å². The molecule has 2 radical (unpaired) electrons. The minimum atomic E-state index is -0.185. The van der Waals surface area contributed by atoms with Gasteiger partial charge < -0.3 is 0 Å². The topological polar surface area (TPSA) is 37.4 Å². The molecule has 2 amide bonds. The molecule has 0 saturated carbocycles. The molecule has 0 N–H and O–H groups in total. The first-order valence-electron chi connectivity index (χ1n) is 3.44. The third-order valence-corrected chi connectivity index (χ3v) is 2.81. The number of imide groups is 1. The third-order valence-electron chi connectivity index (χ3n) is 1.83. The van der Waals surface area contributed by atoms with Gasteiger partial charge in [0.15, 0.2) is 0 Å². The second kappa shape index (κ2) is 2.50. The Balaban J connectivity index is 2.67. The number of rotatable bonds is 0. The Morgan fingerprint density at radius 2 is 1.42 bits per heavy atom. The van der Waals surface area contributed by atoms with Crippen LogP contribution in [0.1, 0.15) is 20.7 Å². The zero-order valence-electron chi connectivity index (χ0n) is 6.15. The predicted molar refractivity (Wildman–Crippen MR) is 42.7 cm³/mol. The van der Waals surface area contributed by atoms with E-state index in [0.717, 1.165) is 18.8 Å². The Labute approximate surface area is 79.5 Å². The Morgan fingerprint density at radius 3 is 1.83 bits per heavy atom. The minimum absolute atomic E-state index is 0.185. The Hall–Kier alpha value is -1.00. The summed E-state index contributed by atoms with van der Waals surface area (Å²) in [5.74, 6) is -0.369. The van der Waals surface area contributed by atoms with Crippen molar-refractivity contribution in [2.24, 2.45) is 0 Å². The second-order valence-corrected chi connectivity index (χ2v) is 3.61. The summed E-state index contributed by atoms with van der Waals surface area (Å²) in [6, 6.07) is 6.87. The van der Waals surface area contributed by atoms with Gasteiger partial charge in [-0.2, -0.15) is 0 Å². The molecule has 0 fully saturated rings. The predicted octanol–water partition coefficient (Wildman–Crippen LogP) is 0.366. The molecular weight excluding hydrogens is 212 g/mol. The van der Waals surface area contributed by atoms with Gasteiger partial charge in [0.25, 0.3) is 0 Å². The Kier molecular flexibility index (Phi) is 1.59. The average molecular weight is 216 g/mol. The molecule has 1 aromatic carbocycles. The Morgan fingerprint density at radius 1 is 1.00 bits per heavy atom. The van der Waals surface area contributed by atoms with Crippen molar-refractivity contribution < 1.29 is 9.59 Å². The maximum absolute atomic E-state index is 11.3. The molecule has 1 heterocycles. The molecule has 1 aromatic rings. The first kappa shape index (κ1) is 7.64. The van der Waals surface area contributed by atoms with Crippen LogP contribution < -0.4 is 0 Å². The van der Waals surface area contributed by atoms with E-state index in [1.165, 1.54) is 3.61 Å². The molecule has 0 aliphatic carbocycles. The summed E-state index contributed by atoms with van der Waals surface area (Å²) in [6.07, 6.45) is 0. The van der Waals surface area contributed by atoms with Crippen molar-refractivity contribution >= 4 is 30.7 Å². The van der Waals surface area contributed by atoms with Crippen molar-refractivity contribution in [3.63, 3.8) is 0 Å². The summed E-state index contributed by atoms with van der Waals surface area (Å²) in [7, 11) is 0. The van der Waals surface area contributed by atoms with E-state index < -0.39 is 0 Å². The molecule has 0 aromatic heterocycles. The molecule has 12 heavy (non-hydrogen) atoms. The number of carbonyl (C=O) groups excluding carboxylic acids is 2. The Bertz CT molecular complexity index is 340. The summed E-state index contributed by atoms with van der Waals surface area (Å²) < 4.78 is 1.19. The normalized spacial score (nSPS) is 15.2. The van der Waals surface area contributed by atoms with Crippen molar-refractivity contribution in [3.8, 4) is 0 Å². The van der Waals surface area contributed by atoms with Crippen LogP contribution in [0.15, 0.2) is 24.3 Å². The van der Waals surface area contributed by atoms with Gasteiger partial charge in [0.1, 0.15) is 0 Å². The maximum atomic E-state index is 11.3. The van der Waals surface area contributed by atoms with Gasteiger partial charge in [-0.05, 0) is 0 Å². The average Bonchev–Trinajstić information content (AvgIpc) is 2.33. The van der Waals surface area contributed by atoms with Crippen LogP contribution in [0.5, 0.6) is 0 Å². The fraction of sp³-hybridized carbons (Fsp3) is 0. The zero-order valence-corrected chi connectivity index (χ0v) is 8.57. The summed E-state index contributed by atoms with van der Waals surface area (Å²) in [5, 5.41) is 0. The van der Waals surface area contributed by atoms with Gasteiger partial charge in [0.2, 0.25) is 0 Å². The number of hydrogen-bond acceptors (Lipinski definition) is 2. The molecule has 3 nitrogen and oxygen atoms in total. The van der Waals surface area contributed by atoms with Gasteiger partial charge in [-0.3, -0.25) is 0 Å². The standard InChI is InChI=1S/C8H5NO2.Ga/c10-7-5-3-1-2-4-6(5)8(11)9-7;/h1-4H,(H,9,10,11);/q;+1/p-1. The first-order valence-corrected chi connectivity index (χ1v) is 4.52. The van der Waals surface area contributed by atoms with E-state index in [2.05, 4.69) is 0 Å². The molecule has 0 atom stereocenters. The number of fused-ring (bicyclic) bond motifs is 1. The van der Waals surface area contributed by atoms with Gasteiger partial charge in [0, 0.05) is 0 Å². The van der Waals surface area contributed by atoms with Gasteiger partial charge in [-0.15, -0.1) is 0 Å². The number of amides is 2. The van der Waals surface area contributed by atoms with Crippen LogP contribution in [0.2, 0.25) is 0 Å². The van der Waals surface area contributed by atoms with E-state index in [-0.39, 0.29) is 11.8 Å². The first-order chi connectivity index (χ1) is 5.72. The van der Waals surface area contributed by atoms with E-state index in [1.54, 1.807) is 24.3 Å². The van der Waals surface area contributed by atoms with Crippen LogP contribution in [0.25, 0.3) is 0 Å². The summed E-state index contributed by atoms with van der Waals surface area (Å²) in [6.45, 7) is 0. The van der Waals surface area contributed by atoms with E-state index in [0.29, 0.717) is 11.1 Å². The SMILES string of the molecule is O=C1c2ccccc2C(=O)[N]1[Ga]. The molecular formula is C8H4GaNO2. The summed E-state index contributed by atoms with van der Waals surface area (Å²) >= 11 is 1.03. The van der Waals surface area contributed by atoms with Crippen LogP contribution in [0.3, 0.4) is 0 Å². The van der Waals surface area contributed by atoms with Crippen molar-refractivity contribution in [1.29, 1.82) is 0 Å². The molecule has 0 bridgehead atoms. The summed E-state index contributed by atoms with van der Waals surface area (Å²) in [4.78, 5) is 22.7. The molecule has 1 aliphatic heterocycles. The summed E-state index contributed by atoms with van der Waals surface area (Å²) in [5.41, 5.74) is 1.04. The molecule has 56 valence electrons. The fourth-order valence-corrected chi connectivity index (χ4v) is 1.79. The number of nitrogens with zero attached hydrogens (tertiary/aromatic N) is 1. The molecule has 1 aliphatic rings. The van der Waals surface area contributed by atoms with Crippen LogP contribution in [0.4, 0.5) is 0 Å². The van der Waals surface area contributed by atoms with E-state index >= 15 is 0 Å². The van der Waals surface area contributed by atoms with Crippen molar-refractivity contribution in [2.45, 2.75) is 0 Å². The quantitative estimate of drug-likeness (QED) is 0.463. The number of benzene rings is 1. The fourth-order valence-electron chi connectivity index (χ4n) is 1.21. The van der Waals surface area contributed by atoms with Gasteiger partial charge >= 0.3 is 79.2 Å². The van der Waals surface area contributed by atoms with Crippen LogP contribution in [-0.2, 0) is 0 Å². The second-order valence-electron chi connectivity index (χ2n) is 2.53. The van der Waals surface area contributed by atoms with Crippen molar-refractivity contribution in [1.82, 2.24) is 3.61 Å². The van der Waals surface area contributed by atoms with Gasteiger partial charge in [0.05, 0.1) is 0 Å². The number of carbonyl (C=O) groups is 2. The van der Waals surface area contributed by atoms with Crippen LogP contribution in [0, 0.1) is 0 Å². The van der Waals surface area contributed by atoms with E-state index in [4.69, 9.17) is 0 Å². The molecule has 4 heteroatoms. The number of hydrogen-bond donors (Lipinski definition) is 0. The monoisotopic (exact) mass is 215 g/mol. The molecule has 0 unspecified atom stereocenters. The van der Waals surface area contributed by atoms with E-state index in [1.807, 2.05) is 0 Å². The molecule has 0 spiro atoms. The molecule has 0 saturated heterocycles. The van der Waals surface area contributed by atoms with Crippen molar-refractivity contribution in [2.75, 3.05) is 0 Å². The van der Waals surface area contributed by atoms with Crippen molar-refractivity contribution in [3.05, 3.63) is 35.4 Å². The van der Waals surface area contributed by atoms with Gasteiger partial charge in [-0.1, -0.05) is 0 Å². The van der Waals surface area contributed by atoms with Crippen LogP contribution in [-0.4, -0.2) is 34.3 Å². The third kappa shape index (κ3) is 0.851. The molecule has 2 rings (SSSR count). The zero-order chi connectivity index (χ0) is 8.72. The van der Waals surface area contributed by atoms with Gasteiger partial charge in [-0.25, -0.2) is 0 Å².